The number of fused-ring (bicyclic) bond motifs is 1. The topological polar surface area (TPSA) is 54.9 Å². The highest BCUT2D eigenvalue weighted by Crippen LogP contribution is 2.36. The average Bonchev–Trinajstić information content (AvgIpc) is 3.04. The largest absolute Gasteiger partial charge is 0.296 e. The van der Waals surface area contributed by atoms with Gasteiger partial charge in [-0.15, -0.1) is 21.5 Å². The van der Waals surface area contributed by atoms with Crippen molar-refractivity contribution in [3.63, 3.8) is 0 Å². The number of rotatable bonds is 4. The quantitative estimate of drug-likeness (QED) is 0.521. The Labute approximate surface area is 142 Å². The van der Waals surface area contributed by atoms with Crippen LogP contribution < -0.4 is 5.32 Å². The molecular weight excluding hydrogens is 365 g/mol. The minimum absolute atomic E-state index is 0.324. The van der Waals surface area contributed by atoms with Crippen LogP contribution in [0, 0.1) is 5.82 Å². The Balaban J connectivity index is 1.86. The summed E-state index contributed by atoms with van der Waals surface area (Å²) in [7, 11) is 0. The predicted molar refractivity (Wildman–Crippen MR) is 91.1 cm³/mol. The molecule has 0 fully saturated rings. The van der Waals surface area contributed by atoms with Gasteiger partial charge in [-0.3, -0.25) is 10.1 Å². The van der Waals surface area contributed by atoms with Gasteiger partial charge in [0.15, 0.2) is 4.34 Å². The standard InChI is InChI=1S/C13H9ClFN3OS3/c1-2-20-13-18-17-12(22-13)16-11(19)10-9(14)7-4-3-6(15)5-8(7)21-10/h3-5H,2H2,1H3,(H,16,17,19). The second kappa shape index (κ2) is 6.49. The molecule has 0 saturated heterocycles. The van der Waals surface area contributed by atoms with Crippen LogP contribution in [0.15, 0.2) is 22.5 Å². The molecule has 1 aromatic carbocycles. The predicted octanol–water partition coefficient (Wildman–Crippen LogP) is 4.91. The smallest absolute Gasteiger partial charge is 0.269 e. The summed E-state index contributed by atoms with van der Waals surface area (Å²) in [6.07, 6.45) is 0. The number of thioether (sulfide) groups is 1. The van der Waals surface area contributed by atoms with E-state index >= 15 is 0 Å². The van der Waals surface area contributed by atoms with Gasteiger partial charge in [-0.05, 0) is 24.0 Å². The van der Waals surface area contributed by atoms with E-state index < -0.39 is 0 Å². The first-order valence-electron chi connectivity index (χ1n) is 6.23. The Morgan fingerprint density at radius 3 is 3.00 bits per heavy atom. The fourth-order valence-corrected chi connectivity index (χ4v) is 4.86. The Hall–Kier alpha value is -1.22. The second-order valence-electron chi connectivity index (χ2n) is 4.15. The Bertz CT molecular complexity index is 848. The van der Waals surface area contributed by atoms with Crippen LogP contribution in [0.3, 0.4) is 0 Å². The third-order valence-corrected chi connectivity index (χ3v) is 6.20. The maximum Gasteiger partial charge on any atom is 0.269 e. The van der Waals surface area contributed by atoms with Gasteiger partial charge in [-0.25, -0.2) is 4.39 Å². The zero-order valence-corrected chi connectivity index (χ0v) is 14.4. The third kappa shape index (κ3) is 3.10. The van der Waals surface area contributed by atoms with Gasteiger partial charge in [-0.1, -0.05) is 41.6 Å². The highest BCUT2D eigenvalue weighted by molar-refractivity contribution is 8.01. The van der Waals surface area contributed by atoms with E-state index in [0.717, 1.165) is 21.4 Å². The zero-order valence-electron chi connectivity index (χ0n) is 11.2. The van der Waals surface area contributed by atoms with Crippen molar-refractivity contribution >= 4 is 67.2 Å². The van der Waals surface area contributed by atoms with Crippen molar-refractivity contribution < 1.29 is 9.18 Å². The van der Waals surface area contributed by atoms with E-state index in [1.165, 1.54) is 23.5 Å². The molecule has 3 aromatic rings. The molecule has 2 aromatic heterocycles. The van der Waals surface area contributed by atoms with Gasteiger partial charge >= 0.3 is 0 Å². The summed E-state index contributed by atoms with van der Waals surface area (Å²) >= 11 is 10.2. The molecule has 0 bridgehead atoms. The van der Waals surface area contributed by atoms with Gasteiger partial charge in [0.1, 0.15) is 10.7 Å². The maximum atomic E-state index is 13.2. The minimum Gasteiger partial charge on any atom is -0.296 e. The first-order chi connectivity index (χ1) is 10.6. The number of anilines is 1. The highest BCUT2D eigenvalue weighted by atomic mass is 35.5. The van der Waals surface area contributed by atoms with E-state index in [9.17, 15) is 9.18 Å². The molecule has 2 heterocycles. The average molecular weight is 374 g/mol. The molecule has 0 aliphatic heterocycles. The SMILES string of the molecule is CCSc1nnc(NC(=O)c2sc3cc(F)ccc3c2Cl)s1. The summed E-state index contributed by atoms with van der Waals surface area (Å²) in [6, 6.07) is 4.26. The van der Waals surface area contributed by atoms with E-state index in [4.69, 9.17) is 11.6 Å². The summed E-state index contributed by atoms with van der Waals surface area (Å²) in [6.45, 7) is 2.01. The Morgan fingerprint density at radius 1 is 1.41 bits per heavy atom. The van der Waals surface area contributed by atoms with Crippen LogP contribution in [0.4, 0.5) is 9.52 Å². The molecule has 0 saturated carbocycles. The molecule has 1 N–H and O–H groups in total. The van der Waals surface area contributed by atoms with Crippen molar-refractivity contribution in [2.24, 2.45) is 0 Å². The number of amides is 1. The van der Waals surface area contributed by atoms with E-state index in [-0.39, 0.29) is 11.7 Å². The van der Waals surface area contributed by atoms with Gasteiger partial charge in [-0.2, -0.15) is 0 Å². The van der Waals surface area contributed by atoms with Crippen LogP contribution in [0.25, 0.3) is 10.1 Å². The van der Waals surface area contributed by atoms with Crippen molar-refractivity contribution in [2.75, 3.05) is 11.1 Å². The Kier molecular flexibility index (Phi) is 4.62. The summed E-state index contributed by atoms with van der Waals surface area (Å²) < 4.78 is 14.7. The van der Waals surface area contributed by atoms with Crippen molar-refractivity contribution in [1.82, 2.24) is 10.2 Å². The monoisotopic (exact) mass is 373 g/mol. The third-order valence-electron chi connectivity index (χ3n) is 2.69. The second-order valence-corrected chi connectivity index (χ2v) is 8.06. The first kappa shape index (κ1) is 15.7. The number of thiophene rings is 1. The summed E-state index contributed by atoms with van der Waals surface area (Å²) in [5.41, 5.74) is 0. The number of nitrogens with one attached hydrogen (secondary N) is 1. The van der Waals surface area contributed by atoms with Crippen LogP contribution in [0.1, 0.15) is 16.6 Å². The normalized spacial score (nSPS) is 11.0. The molecule has 9 heteroatoms. The van der Waals surface area contributed by atoms with Gasteiger partial charge in [0.2, 0.25) is 5.13 Å². The van der Waals surface area contributed by atoms with Crippen LogP contribution in [0.2, 0.25) is 5.02 Å². The van der Waals surface area contributed by atoms with Gasteiger partial charge in [0, 0.05) is 10.1 Å². The van der Waals surface area contributed by atoms with E-state index in [1.54, 1.807) is 17.8 Å². The highest BCUT2D eigenvalue weighted by Gasteiger charge is 2.19. The van der Waals surface area contributed by atoms with Crippen molar-refractivity contribution in [1.29, 1.82) is 0 Å². The van der Waals surface area contributed by atoms with E-state index in [0.29, 0.717) is 25.1 Å². The lowest BCUT2D eigenvalue weighted by Gasteiger charge is -1.98. The molecule has 3 rings (SSSR count). The molecule has 0 spiro atoms. The number of hydrogen-bond donors (Lipinski definition) is 1. The van der Waals surface area contributed by atoms with Crippen molar-refractivity contribution in [2.45, 2.75) is 11.3 Å². The molecule has 114 valence electrons. The number of carbonyl (C=O) groups is 1. The van der Waals surface area contributed by atoms with Gasteiger partial charge in [0.25, 0.3) is 5.91 Å². The Morgan fingerprint density at radius 2 is 2.23 bits per heavy atom. The van der Waals surface area contributed by atoms with Crippen LogP contribution in [0.5, 0.6) is 0 Å². The summed E-state index contributed by atoms with van der Waals surface area (Å²) in [4.78, 5) is 12.6. The molecule has 0 aliphatic rings. The number of halogens is 2. The van der Waals surface area contributed by atoms with Crippen LogP contribution >= 0.6 is 46.0 Å². The van der Waals surface area contributed by atoms with E-state index in [1.807, 2.05) is 6.92 Å². The molecule has 22 heavy (non-hydrogen) atoms. The lowest BCUT2D eigenvalue weighted by Crippen LogP contribution is -2.10. The maximum absolute atomic E-state index is 13.2. The van der Waals surface area contributed by atoms with Crippen LogP contribution in [-0.4, -0.2) is 21.9 Å². The van der Waals surface area contributed by atoms with Gasteiger partial charge < -0.3 is 0 Å². The zero-order chi connectivity index (χ0) is 15.7. The number of hydrogen-bond acceptors (Lipinski definition) is 6. The first-order valence-corrected chi connectivity index (χ1v) is 9.23. The lowest BCUT2D eigenvalue weighted by molar-refractivity contribution is 0.103. The van der Waals surface area contributed by atoms with E-state index in [2.05, 4.69) is 15.5 Å². The van der Waals surface area contributed by atoms with Crippen molar-refractivity contribution in [3.05, 3.63) is 33.9 Å². The fourth-order valence-electron chi connectivity index (χ4n) is 1.78. The van der Waals surface area contributed by atoms with Crippen LogP contribution in [-0.2, 0) is 0 Å². The van der Waals surface area contributed by atoms with Gasteiger partial charge in [0.05, 0.1) is 5.02 Å². The molecular formula is C13H9ClFN3OS3. The van der Waals surface area contributed by atoms with Crippen molar-refractivity contribution in [3.8, 4) is 0 Å². The molecule has 1 amide bonds. The number of carbonyl (C=O) groups excluding carboxylic acids is 1. The lowest BCUT2D eigenvalue weighted by atomic mass is 10.2. The minimum atomic E-state index is -0.365. The molecule has 0 atom stereocenters. The summed E-state index contributed by atoms with van der Waals surface area (Å²) in [5.74, 6) is 0.162. The number of aromatic nitrogens is 2. The number of benzene rings is 1. The molecule has 0 radical (unpaired) electrons. The molecule has 0 aliphatic carbocycles. The number of nitrogens with zero attached hydrogens (tertiary/aromatic N) is 2. The molecule has 4 nitrogen and oxygen atoms in total. The molecule has 0 unspecified atom stereocenters. The fraction of sp³-hybridized carbons (Fsp3) is 0.154. The summed E-state index contributed by atoms with van der Waals surface area (Å²) in [5, 5.41) is 12.0.